The van der Waals surface area contributed by atoms with Crippen LogP contribution in [0, 0.1) is 6.57 Å². The van der Waals surface area contributed by atoms with Gasteiger partial charge in [0, 0.05) is 38.0 Å². The third kappa shape index (κ3) is 6.31. The average molecular weight is 680 g/mol. The van der Waals surface area contributed by atoms with E-state index in [0.29, 0.717) is 71.2 Å². The third-order valence-corrected chi connectivity index (χ3v) is 9.87. The second-order valence-electron chi connectivity index (χ2n) is 13.0. The van der Waals surface area contributed by atoms with E-state index in [0.717, 1.165) is 32.2 Å². The first-order chi connectivity index (χ1) is 20.5. The highest BCUT2D eigenvalue weighted by molar-refractivity contribution is 9.10. The lowest BCUT2D eigenvalue weighted by Gasteiger charge is -2.40. The van der Waals surface area contributed by atoms with Gasteiger partial charge in [-0.3, -0.25) is 9.80 Å². The summed E-state index contributed by atoms with van der Waals surface area (Å²) in [7, 11) is 0. The van der Waals surface area contributed by atoms with Crippen molar-refractivity contribution in [2.24, 2.45) is 0 Å². The molecule has 1 aromatic carbocycles. The summed E-state index contributed by atoms with van der Waals surface area (Å²) in [5, 5.41) is 1.15. The van der Waals surface area contributed by atoms with E-state index in [9.17, 15) is 9.18 Å². The van der Waals surface area contributed by atoms with Gasteiger partial charge in [0.05, 0.1) is 21.1 Å². The number of anilines is 1. The van der Waals surface area contributed by atoms with Crippen molar-refractivity contribution in [2.45, 2.75) is 82.3 Å². The van der Waals surface area contributed by atoms with E-state index in [4.69, 9.17) is 42.4 Å². The van der Waals surface area contributed by atoms with Crippen molar-refractivity contribution < 1.29 is 23.4 Å². The van der Waals surface area contributed by atoms with Crippen LogP contribution in [-0.2, 0) is 4.74 Å². The number of hydrogen-bond acceptors (Lipinski definition) is 8. The molecule has 0 radical (unpaired) electrons. The van der Waals surface area contributed by atoms with Crippen molar-refractivity contribution in [1.29, 1.82) is 0 Å². The van der Waals surface area contributed by atoms with Crippen molar-refractivity contribution in [1.82, 2.24) is 19.8 Å². The number of aromatic nitrogens is 2. The molecule has 4 heterocycles. The quantitative estimate of drug-likeness (QED) is 0.336. The summed E-state index contributed by atoms with van der Waals surface area (Å²) in [5.41, 5.74) is -0.440. The molecule has 4 aliphatic rings. The molecule has 3 saturated heterocycles. The molecule has 3 atom stereocenters. The van der Waals surface area contributed by atoms with Crippen LogP contribution < -0.4 is 14.4 Å². The van der Waals surface area contributed by atoms with Crippen LogP contribution in [0.5, 0.6) is 11.8 Å². The molecular weight excluding hydrogens is 643 g/mol. The van der Waals surface area contributed by atoms with Gasteiger partial charge in [0.1, 0.15) is 35.8 Å². The second kappa shape index (κ2) is 11.7. The van der Waals surface area contributed by atoms with Gasteiger partial charge in [-0.05, 0) is 75.0 Å². The molecular formula is C30H37BrClFN6O4. The van der Waals surface area contributed by atoms with Gasteiger partial charge >= 0.3 is 12.1 Å². The summed E-state index contributed by atoms with van der Waals surface area (Å²) in [6, 6.07) is 1.58. The minimum atomic E-state index is -0.866. The Hall–Kier alpha value is -2.62. The molecule has 13 heteroatoms. The van der Waals surface area contributed by atoms with Crippen LogP contribution in [-0.4, -0.2) is 101 Å². The van der Waals surface area contributed by atoms with Crippen molar-refractivity contribution in [2.75, 3.05) is 50.8 Å². The molecule has 43 heavy (non-hydrogen) atoms. The fourth-order valence-electron chi connectivity index (χ4n) is 6.43. The minimum Gasteiger partial charge on any atom is -0.487 e. The molecule has 0 N–H and O–H groups in total. The van der Waals surface area contributed by atoms with E-state index in [1.54, 1.807) is 4.90 Å². The standard InChI is InChI=1S/C30H37BrClFN6O4/c1-29(2,3)43-28(40)39-11-10-37(16-19(39)14-34-4)26-21-12-22(32)23(31)25(42-20-6-7-20)24(21)35-27(36-26)41-17-30-8-5-9-38(30)15-18(33)13-30/h12,18-20H,5-11,13-17H2,1-3H3/t18-,19+,30+/m1/s1. The summed E-state index contributed by atoms with van der Waals surface area (Å²) >= 11 is 10.3. The number of alkyl halides is 1. The van der Waals surface area contributed by atoms with Crippen LogP contribution >= 0.6 is 27.5 Å². The number of carbonyl (C=O) groups is 1. The Morgan fingerprint density at radius 3 is 2.77 bits per heavy atom. The molecule has 0 unspecified atom stereocenters. The number of amides is 1. The molecule has 0 bridgehead atoms. The lowest BCUT2D eigenvalue weighted by Crippen LogP contribution is -2.57. The van der Waals surface area contributed by atoms with Crippen LogP contribution in [0.3, 0.4) is 0 Å². The minimum absolute atomic E-state index is 0.0899. The van der Waals surface area contributed by atoms with Crippen LogP contribution in [0.25, 0.3) is 15.7 Å². The average Bonchev–Trinajstić information content (AvgIpc) is 3.60. The van der Waals surface area contributed by atoms with Gasteiger partial charge in [0.15, 0.2) is 5.75 Å². The number of nitrogens with zero attached hydrogens (tertiary/aromatic N) is 6. The number of piperazine rings is 1. The van der Waals surface area contributed by atoms with E-state index in [-0.39, 0.29) is 24.2 Å². The number of halogens is 3. The molecule has 1 saturated carbocycles. The van der Waals surface area contributed by atoms with E-state index >= 15 is 0 Å². The van der Waals surface area contributed by atoms with Gasteiger partial charge in [-0.15, -0.1) is 0 Å². The SMILES string of the molecule is [C-]#[N+]C[C@H]1CN(c2nc(OC[C@@]34CCCN3C[C@H](F)C4)nc3c(OC4CC4)c(Br)c(Cl)cc23)CCN1C(=O)OC(C)(C)C. The summed E-state index contributed by atoms with van der Waals surface area (Å²) in [6.07, 6.45) is 3.01. The molecule has 1 amide bonds. The predicted octanol–water partition coefficient (Wildman–Crippen LogP) is 5.89. The first kappa shape index (κ1) is 30.4. The number of carbonyl (C=O) groups excluding carboxylic acids is 1. The molecule has 10 nitrogen and oxygen atoms in total. The zero-order valence-electron chi connectivity index (χ0n) is 24.7. The Bertz CT molecular complexity index is 1450. The van der Waals surface area contributed by atoms with E-state index in [1.807, 2.05) is 31.7 Å². The molecule has 6 rings (SSSR count). The van der Waals surface area contributed by atoms with E-state index in [2.05, 4.69) is 25.7 Å². The van der Waals surface area contributed by atoms with Gasteiger partial charge in [-0.2, -0.15) is 9.97 Å². The molecule has 1 aliphatic carbocycles. The summed E-state index contributed by atoms with van der Waals surface area (Å²) in [6.45, 7) is 15.9. The molecule has 0 spiro atoms. The number of fused-ring (bicyclic) bond motifs is 2. The van der Waals surface area contributed by atoms with E-state index in [1.165, 1.54) is 0 Å². The van der Waals surface area contributed by atoms with Gasteiger partial charge in [0.2, 0.25) is 6.54 Å². The predicted molar refractivity (Wildman–Crippen MR) is 165 cm³/mol. The van der Waals surface area contributed by atoms with Gasteiger partial charge in [0.25, 0.3) is 0 Å². The van der Waals surface area contributed by atoms with Crippen LogP contribution in [0.15, 0.2) is 10.5 Å². The number of rotatable bonds is 7. The number of benzene rings is 1. The molecule has 3 aliphatic heterocycles. The van der Waals surface area contributed by atoms with E-state index < -0.39 is 23.9 Å². The highest BCUT2D eigenvalue weighted by atomic mass is 79.9. The molecule has 4 fully saturated rings. The first-order valence-electron chi connectivity index (χ1n) is 14.9. The maximum atomic E-state index is 14.4. The number of ether oxygens (including phenoxy) is 3. The van der Waals surface area contributed by atoms with Crippen LogP contribution in [0.1, 0.15) is 52.9 Å². The Morgan fingerprint density at radius 2 is 2.05 bits per heavy atom. The second-order valence-corrected chi connectivity index (χ2v) is 14.2. The third-order valence-electron chi connectivity index (χ3n) is 8.55. The molecule has 1 aromatic heterocycles. The lowest BCUT2D eigenvalue weighted by atomic mass is 9.95. The summed E-state index contributed by atoms with van der Waals surface area (Å²) in [4.78, 5) is 32.2. The lowest BCUT2D eigenvalue weighted by molar-refractivity contribution is 0.0155. The van der Waals surface area contributed by atoms with Gasteiger partial charge < -0.3 is 24.0 Å². The fourth-order valence-corrected chi connectivity index (χ4v) is 7.02. The molecule has 232 valence electrons. The molecule has 2 aromatic rings. The first-order valence-corrected chi connectivity index (χ1v) is 16.1. The summed E-state index contributed by atoms with van der Waals surface area (Å²) in [5.74, 6) is 1.12. The van der Waals surface area contributed by atoms with Gasteiger partial charge in [-0.25, -0.2) is 15.8 Å². The van der Waals surface area contributed by atoms with Crippen molar-refractivity contribution >= 4 is 50.3 Å². The maximum absolute atomic E-state index is 14.4. The van der Waals surface area contributed by atoms with Crippen molar-refractivity contribution in [3.8, 4) is 11.8 Å². The van der Waals surface area contributed by atoms with Gasteiger partial charge in [-0.1, -0.05) is 11.6 Å². The van der Waals surface area contributed by atoms with Crippen LogP contribution in [0.2, 0.25) is 5.02 Å². The Balaban J connectivity index is 1.36. The fraction of sp³-hybridized carbons (Fsp3) is 0.667. The zero-order valence-corrected chi connectivity index (χ0v) is 27.1. The van der Waals surface area contributed by atoms with Crippen LogP contribution in [0.4, 0.5) is 15.0 Å². The highest BCUT2D eigenvalue weighted by Gasteiger charge is 2.49. The van der Waals surface area contributed by atoms with Crippen molar-refractivity contribution in [3.63, 3.8) is 0 Å². The highest BCUT2D eigenvalue weighted by Crippen LogP contribution is 2.45. The normalized spacial score (nSPS) is 26.0. The monoisotopic (exact) mass is 678 g/mol. The smallest absolute Gasteiger partial charge is 0.410 e. The zero-order chi connectivity index (χ0) is 30.5. The Morgan fingerprint density at radius 1 is 1.26 bits per heavy atom. The topological polar surface area (TPSA) is 84.6 Å². The largest absolute Gasteiger partial charge is 0.487 e. The Kier molecular flexibility index (Phi) is 8.28. The Labute approximate surface area is 264 Å². The summed E-state index contributed by atoms with van der Waals surface area (Å²) < 4.78 is 33.3. The van der Waals surface area contributed by atoms with Crippen molar-refractivity contribution in [3.05, 3.63) is 27.0 Å². The maximum Gasteiger partial charge on any atom is 0.410 e. The number of hydrogen-bond donors (Lipinski definition) is 0.